The minimum absolute atomic E-state index is 0.0269. The molecule has 0 aromatic heterocycles. The van der Waals surface area contributed by atoms with Gasteiger partial charge in [-0.15, -0.1) is 0 Å². The van der Waals surface area contributed by atoms with E-state index in [2.05, 4.69) is 5.32 Å². The lowest BCUT2D eigenvalue weighted by Gasteiger charge is -2.18. The molecule has 2 aliphatic heterocycles. The Labute approximate surface area is 211 Å². The van der Waals surface area contributed by atoms with E-state index in [1.54, 1.807) is 23.1 Å². The van der Waals surface area contributed by atoms with Gasteiger partial charge in [-0.05, 0) is 53.9 Å². The standard InChI is InChI=1S/C27H22ClF2N3O3/c28-18-5-4-15(21(30)13-18)10-23-27(36)32-22-7-6-19(29)14-20(22)26(31-23)17-3-2-16-12-25(35)33(8-1-9-34)24(16)11-17/h2-7,11,13-14,23,34H,1,8-10,12H2,(H,32,36). The van der Waals surface area contributed by atoms with E-state index in [1.165, 1.54) is 30.3 Å². The summed E-state index contributed by atoms with van der Waals surface area (Å²) < 4.78 is 28.8. The number of aliphatic imine (C=N–C) groups is 1. The Kier molecular flexibility index (Phi) is 6.55. The molecule has 2 amide bonds. The highest BCUT2D eigenvalue weighted by molar-refractivity contribution is 6.30. The van der Waals surface area contributed by atoms with E-state index in [4.69, 9.17) is 16.6 Å². The molecule has 2 aliphatic rings. The number of benzene rings is 3. The molecule has 5 rings (SSSR count). The summed E-state index contributed by atoms with van der Waals surface area (Å²) in [5, 5.41) is 12.3. The Morgan fingerprint density at radius 2 is 1.92 bits per heavy atom. The van der Waals surface area contributed by atoms with Gasteiger partial charge in [-0.1, -0.05) is 29.8 Å². The first kappa shape index (κ1) is 24.1. The SMILES string of the molecule is O=C1Nc2ccc(F)cc2C(c2ccc3c(c2)N(CCCO)C(=O)C3)=NC1Cc1ccc(Cl)cc1F. The van der Waals surface area contributed by atoms with Crippen LogP contribution in [0.3, 0.4) is 0 Å². The van der Waals surface area contributed by atoms with Crippen LogP contribution < -0.4 is 10.2 Å². The molecule has 0 spiro atoms. The summed E-state index contributed by atoms with van der Waals surface area (Å²) in [6.07, 6.45) is 0.648. The van der Waals surface area contributed by atoms with E-state index in [-0.39, 0.29) is 35.9 Å². The van der Waals surface area contributed by atoms with E-state index >= 15 is 0 Å². The number of nitrogens with one attached hydrogen (secondary N) is 1. The minimum Gasteiger partial charge on any atom is -0.396 e. The third kappa shape index (κ3) is 4.62. The molecule has 1 atom stereocenters. The summed E-state index contributed by atoms with van der Waals surface area (Å²) in [6, 6.07) is 12.6. The molecule has 0 bridgehead atoms. The van der Waals surface area contributed by atoms with Gasteiger partial charge in [0.25, 0.3) is 0 Å². The number of fused-ring (bicyclic) bond motifs is 2. The molecule has 3 aromatic rings. The monoisotopic (exact) mass is 509 g/mol. The normalized spacial score (nSPS) is 16.8. The molecule has 184 valence electrons. The van der Waals surface area contributed by atoms with Crippen molar-refractivity contribution in [2.45, 2.75) is 25.3 Å². The third-order valence-electron chi connectivity index (χ3n) is 6.34. The van der Waals surface area contributed by atoms with Gasteiger partial charge in [-0.2, -0.15) is 0 Å². The van der Waals surface area contributed by atoms with Crippen LogP contribution in [0.4, 0.5) is 20.2 Å². The van der Waals surface area contributed by atoms with Crippen LogP contribution in [0.5, 0.6) is 0 Å². The number of carbonyl (C=O) groups excluding carboxylic acids is 2. The van der Waals surface area contributed by atoms with Gasteiger partial charge < -0.3 is 15.3 Å². The maximum Gasteiger partial charge on any atom is 0.249 e. The van der Waals surface area contributed by atoms with Crippen molar-refractivity contribution in [3.05, 3.63) is 93.5 Å². The van der Waals surface area contributed by atoms with Crippen molar-refractivity contribution >= 4 is 40.5 Å². The van der Waals surface area contributed by atoms with E-state index in [9.17, 15) is 23.5 Å². The lowest BCUT2D eigenvalue weighted by molar-refractivity contribution is -0.118. The van der Waals surface area contributed by atoms with Crippen molar-refractivity contribution in [3.63, 3.8) is 0 Å². The first-order chi connectivity index (χ1) is 17.3. The second-order valence-electron chi connectivity index (χ2n) is 8.76. The van der Waals surface area contributed by atoms with E-state index in [0.29, 0.717) is 41.2 Å². The Morgan fingerprint density at radius 3 is 2.69 bits per heavy atom. The predicted octanol–water partition coefficient (Wildman–Crippen LogP) is 4.29. The summed E-state index contributed by atoms with van der Waals surface area (Å²) in [7, 11) is 0. The molecule has 1 unspecified atom stereocenters. The van der Waals surface area contributed by atoms with Crippen LogP contribution in [0.1, 0.15) is 28.7 Å². The number of hydrogen-bond donors (Lipinski definition) is 2. The van der Waals surface area contributed by atoms with Gasteiger partial charge in [-0.25, -0.2) is 8.78 Å². The van der Waals surface area contributed by atoms with Crippen molar-refractivity contribution in [1.29, 1.82) is 0 Å². The Hall–Kier alpha value is -3.62. The van der Waals surface area contributed by atoms with Gasteiger partial charge in [0.2, 0.25) is 11.8 Å². The number of halogens is 3. The van der Waals surface area contributed by atoms with Crippen LogP contribution in [0.2, 0.25) is 5.02 Å². The van der Waals surface area contributed by atoms with Crippen LogP contribution in [0.15, 0.2) is 59.6 Å². The number of anilines is 2. The molecule has 0 radical (unpaired) electrons. The highest BCUT2D eigenvalue weighted by atomic mass is 35.5. The number of rotatable bonds is 6. The molecule has 0 fully saturated rings. The maximum absolute atomic E-state index is 14.5. The van der Waals surface area contributed by atoms with Crippen molar-refractivity contribution < 1.29 is 23.5 Å². The van der Waals surface area contributed by atoms with Crippen molar-refractivity contribution in [1.82, 2.24) is 0 Å². The summed E-state index contributed by atoms with van der Waals surface area (Å²) in [6.45, 7) is 0.316. The Balaban J connectivity index is 1.61. The lowest BCUT2D eigenvalue weighted by Crippen LogP contribution is -2.28. The third-order valence-corrected chi connectivity index (χ3v) is 6.58. The van der Waals surface area contributed by atoms with E-state index in [0.717, 1.165) is 5.56 Å². The summed E-state index contributed by atoms with van der Waals surface area (Å²) >= 11 is 5.87. The molecule has 36 heavy (non-hydrogen) atoms. The van der Waals surface area contributed by atoms with Gasteiger partial charge in [0.15, 0.2) is 0 Å². The minimum atomic E-state index is -0.994. The molecule has 0 saturated heterocycles. The fourth-order valence-electron chi connectivity index (χ4n) is 4.56. The van der Waals surface area contributed by atoms with Gasteiger partial charge in [0.1, 0.15) is 17.7 Å². The van der Waals surface area contributed by atoms with Gasteiger partial charge in [0.05, 0.1) is 17.8 Å². The highest BCUT2D eigenvalue weighted by Crippen LogP contribution is 2.33. The molecule has 9 heteroatoms. The summed E-state index contributed by atoms with van der Waals surface area (Å²) in [4.78, 5) is 31.9. The van der Waals surface area contributed by atoms with Crippen molar-refractivity contribution in [3.8, 4) is 0 Å². The summed E-state index contributed by atoms with van der Waals surface area (Å²) in [5.74, 6) is -1.57. The van der Waals surface area contributed by atoms with E-state index in [1.807, 2.05) is 6.07 Å². The summed E-state index contributed by atoms with van der Waals surface area (Å²) in [5.41, 5.74) is 3.50. The number of nitrogens with zero attached hydrogens (tertiary/aromatic N) is 2. The largest absolute Gasteiger partial charge is 0.396 e. The predicted molar refractivity (Wildman–Crippen MR) is 134 cm³/mol. The maximum atomic E-state index is 14.5. The molecular formula is C27H22ClF2N3O3. The average Bonchev–Trinajstić information content (AvgIpc) is 3.09. The molecule has 0 aliphatic carbocycles. The molecule has 0 saturated carbocycles. The van der Waals surface area contributed by atoms with Crippen molar-refractivity contribution in [2.24, 2.45) is 4.99 Å². The zero-order chi connectivity index (χ0) is 25.4. The quantitative estimate of drug-likeness (QED) is 0.520. The van der Waals surface area contributed by atoms with Crippen LogP contribution >= 0.6 is 11.6 Å². The fourth-order valence-corrected chi connectivity index (χ4v) is 4.72. The lowest BCUT2D eigenvalue weighted by atomic mass is 9.98. The van der Waals surface area contributed by atoms with Crippen molar-refractivity contribution in [2.75, 3.05) is 23.4 Å². The first-order valence-corrected chi connectivity index (χ1v) is 11.9. The number of aliphatic hydroxyl groups excluding tert-OH is 1. The number of amides is 2. The molecular weight excluding hydrogens is 488 g/mol. The zero-order valence-electron chi connectivity index (χ0n) is 19.1. The van der Waals surface area contributed by atoms with Crippen LogP contribution in [-0.4, -0.2) is 41.8 Å². The second kappa shape index (κ2) is 9.79. The first-order valence-electron chi connectivity index (χ1n) is 11.5. The zero-order valence-corrected chi connectivity index (χ0v) is 19.9. The number of carbonyl (C=O) groups is 2. The fraction of sp³-hybridized carbons (Fsp3) is 0.222. The topological polar surface area (TPSA) is 82.0 Å². The number of aliphatic hydroxyl groups is 1. The van der Waals surface area contributed by atoms with Crippen LogP contribution in [0, 0.1) is 11.6 Å². The van der Waals surface area contributed by atoms with E-state index < -0.39 is 23.6 Å². The highest BCUT2D eigenvalue weighted by Gasteiger charge is 2.30. The molecule has 2 heterocycles. The van der Waals surface area contributed by atoms with Crippen LogP contribution in [0.25, 0.3) is 0 Å². The smallest absolute Gasteiger partial charge is 0.249 e. The van der Waals surface area contributed by atoms with Gasteiger partial charge in [-0.3, -0.25) is 14.6 Å². The Bertz CT molecular complexity index is 1410. The Morgan fingerprint density at radius 1 is 1.08 bits per heavy atom. The van der Waals surface area contributed by atoms with Crippen LogP contribution in [-0.2, 0) is 22.4 Å². The van der Waals surface area contributed by atoms with Gasteiger partial charge in [0, 0.05) is 41.4 Å². The molecule has 3 aromatic carbocycles. The number of hydrogen-bond acceptors (Lipinski definition) is 4. The molecule has 6 nitrogen and oxygen atoms in total. The number of benzodiazepines with no additional fused rings is 1. The average molecular weight is 510 g/mol. The molecule has 2 N–H and O–H groups in total. The van der Waals surface area contributed by atoms with Gasteiger partial charge >= 0.3 is 0 Å². The second-order valence-corrected chi connectivity index (χ2v) is 9.19.